The summed E-state index contributed by atoms with van der Waals surface area (Å²) >= 11 is 0. The van der Waals surface area contributed by atoms with E-state index < -0.39 is 0 Å². The van der Waals surface area contributed by atoms with Crippen LogP contribution in [0.2, 0.25) is 0 Å². The maximum atomic E-state index is 12.5. The SMILES string of the molecule is CC1=C(CCC(=O)NCCO)c2cc3nc(cc4[nH]c(cc4C)cc4[nH]c(cc1n2)cc4C)C(C)=C3CCC(=O)NCCO. The van der Waals surface area contributed by atoms with Crippen molar-refractivity contribution in [2.45, 2.75) is 53.4 Å². The first-order valence-corrected chi connectivity index (χ1v) is 15.0. The van der Waals surface area contributed by atoms with Crippen LogP contribution < -0.4 is 10.6 Å². The van der Waals surface area contributed by atoms with E-state index in [1.54, 1.807) is 0 Å². The standard InChI is InChI=1S/C34H40N6O4/c1-19-13-24-16-29-21(3)25(5-7-33(43)35-9-11-41)31(39-29)18-32-26(6-8-34(44)36-10-12-42)22(4)30(40-32)17-28-20(2)14-23(38-28)15-27(19)37-24/h13-18,37-38,41-42H,5-12H2,1-4H3,(H,35,43)(H,36,44). The number of amides is 2. The minimum atomic E-state index is -0.135. The predicted octanol–water partition coefficient (Wildman–Crippen LogP) is 4.57. The highest BCUT2D eigenvalue weighted by Gasteiger charge is 2.22. The molecule has 0 aromatic carbocycles. The molecule has 10 nitrogen and oxygen atoms in total. The van der Waals surface area contributed by atoms with E-state index in [0.29, 0.717) is 12.8 Å². The molecule has 6 N–H and O–H groups in total. The predicted molar refractivity (Wildman–Crippen MR) is 174 cm³/mol. The number of aryl methyl sites for hydroxylation is 2. The summed E-state index contributed by atoms with van der Waals surface area (Å²) in [7, 11) is 0. The van der Waals surface area contributed by atoms with Gasteiger partial charge >= 0.3 is 0 Å². The molecular weight excluding hydrogens is 556 g/mol. The summed E-state index contributed by atoms with van der Waals surface area (Å²) < 4.78 is 0. The average Bonchev–Trinajstić information content (AvgIpc) is 3.69. The second-order valence-electron chi connectivity index (χ2n) is 11.3. The molecular formula is C34H40N6O4. The van der Waals surface area contributed by atoms with Gasteiger partial charge in [-0.1, -0.05) is 0 Å². The molecule has 0 radical (unpaired) electrons. The first kappa shape index (κ1) is 30.9. The molecule has 2 amide bonds. The highest BCUT2D eigenvalue weighted by molar-refractivity contribution is 5.96. The number of hydrogen-bond acceptors (Lipinski definition) is 6. The van der Waals surface area contributed by atoms with Crippen molar-refractivity contribution in [3.8, 4) is 0 Å². The number of hydrogen-bond donors (Lipinski definition) is 6. The number of fused-ring (bicyclic) bond motifs is 8. The Hall–Kier alpha value is -4.54. The molecule has 0 spiro atoms. The zero-order chi connectivity index (χ0) is 31.4. The number of carbonyl (C=O) groups is 2. The minimum Gasteiger partial charge on any atom is -0.395 e. The molecule has 5 heterocycles. The fraction of sp³-hybridized carbons (Fsp3) is 0.353. The Labute approximate surface area is 256 Å². The molecule has 3 aromatic rings. The maximum Gasteiger partial charge on any atom is 0.220 e. The lowest BCUT2D eigenvalue weighted by molar-refractivity contribution is -0.121. The van der Waals surface area contributed by atoms with Gasteiger partial charge in [0, 0.05) is 48.0 Å². The summed E-state index contributed by atoms with van der Waals surface area (Å²) in [6, 6.07) is 12.3. The number of aromatic nitrogens is 4. The van der Waals surface area contributed by atoms with Crippen LogP contribution in [0, 0.1) is 13.8 Å². The van der Waals surface area contributed by atoms with Gasteiger partial charge in [0.05, 0.1) is 36.0 Å². The van der Waals surface area contributed by atoms with E-state index in [4.69, 9.17) is 20.2 Å². The van der Waals surface area contributed by atoms with Crippen molar-refractivity contribution in [3.05, 3.63) is 70.3 Å². The molecule has 0 saturated carbocycles. The Kier molecular flexibility index (Phi) is 9.41. The van der Waals surface area contributed by atoms with Crippen LogP contribution in [-0.2, 0) is 9.59 Å². The van der Waals surface area contributed by atoms with Crippen LogP contribution in [-0.4, -0.2) is 68.3 Å². The number of aliphatic hydroxyl groups excluding tert-OH is 2. The van der Waals surface area contributed by atoms with E-state index in [-0.39, 0.29) is 51.0 Å². The van der Waals surface area contributed by atoms with Gasteiger partial charge in [0.1, 0.15) is 0 Å². The third kappa shape index (κ3) is 6.82. The van der Waals surface area contributed by atoms with Gasteiger partial charge in [-0.3, -0.25) is 9.59 Å². The van der Waals surface area contributed by atoms with Gasteiger partial charge in [-0.2, -0.15) is 0 Å². The Balaban J connectivity index is 1.70. The van der Waals surface area contributed by atoms with Crippen molar-refractivity contribution in [3.63, 3.8) is 0 Å². The number of allylic oxidation sites excluding steroid dienone is 4. The van der Waals surface area contributed by atoms with Gasteiger partial charge in [-0.15, -0.1) is 0 Å². The summed E-state index contributed by atoms with van der Waals surface area (Å²) in [5.41, 5.74) is 13.0. The molecule has 0 saturated heterocycles. The quantitative estimate of drug-likeness (QED) is 0.201. The summed E-state index contributed by atoms with van der Waals surface area (Å²) in [6.07, 6.45) is 1.46. The van der Waals surface area contributed by atoms with Crippen molar-refractivity contribution < 1.29 is 19.8 Å². The average molecular weight is 597 g/mol. The lowest BCUT2D eigenvalue weighted by Crippen LogP contribution is -2.26. The normalized spacial score (nSPS) is 13.0. The van der Waals surface area contributed by atoms with Crippen molar-refractivity contribution >= 4 is 56.2 Å². The van der Waals surface area contributed by atoms with Crippen molar-refractivity contribution in [1.82, 2.24) is 30.6 Å². The van der Waals surface area contributed by atoms with Gasteiger partial charge in [0.25, 0.3) is 0 Å². The van der Waals surface area contributed by atoms with Crippen LogP contribution >= 0.6 is 0 Å². The van der Waals surface area contributed by atoms with E-state index in [1.165, 1.54) is 0 Å². The largest absolute Gasteiger partial charge is 0.395 e. The van der Waals surface area contributed by atoms with Crippen LogP contribution in [0.3, 0.4) is 0 Å². The summed E-state index contributed by atoms with van der Waals surface area (Å²) in [5.74, 6) is -0.270. The van der Waals surface area contributed by atoms with Crippen LogP contribution in [0.5, 0.6) is 0 Å². The molecule has 3 aromatic heterocycles. The van der Waals surface area contributed by atoms with Gasteiger partial charge < -0.3 is 30.8 Å². The second kappa shape index (κ2) is 13.4. The number of H-pyrrole nitrogens is 2. The summed E-state index contributed by atoms with van der Waals surface area (Å²) in [6.45, 7) is 8.39. The lowest BCUT2D eigenvalue weighted by atomic mass is 9.98. The van der Waals surface area contributed by atoms with Crippen molar-refractivity contribution in [2.75, 3.05) is 26.3 Å². The number of nitrogens with one attached hydrogen (secondary N) is 4. The number of nitrogens with zero attached hydrogens (tertiary/aromatic N) is 2. The Morgan fingerprint density at radius 2 is 1.09 bits per heavy atom. The fourth-order valence-corrected chi connectivity index (χ4v) is 5.68. The molecule has 0 aliphatic carbocycles. The van der Waals surface area contributed by atoms with Gasteiger partial charge in [-0.05, 0) is 110 Å². The second-order valence-corrected chi connectivity index (χ2v) is 11.3. The van der Waals surface area contributed by atoms with Crippen LogP contribution in [0.4, 0.5) is 0 Å². The van der Waals surface area contributed by atoms with Crippen LogP contribution in [0.1, 0.15) is 73.4 Å². The summed E-state index contributed by atoms with van der Waals surface area (Å²) in [4.78, 5) is 42.1. The van der Waals surface area contributed by atoms with Crippen molar-refractivity contribution in [2.24, 2.45) is 0 Å². The van der Waals surface area contributed by atoms with Crippen LogP contribution in [0.25, 0.3) is 44.4 Å². The summed E-state index contributed by atoms with van der Waals surface area (Å²) in [5, 5.41) is 23.7. The minimum absolute atomic E-state index is 0.110. The smallest absolute Gasteiger partial charge is 0.220 e. The van der Waals surface area contributed by atoms with E-state index in [1.807, 2.05) is 32.0 Å². The number of carbonyl (C=O) groups excluding carboxylic acids is 2. The van der Waals surface area contributed by atoms with Crippen molar-refractivity contribution in [1.29, 1.82) is 0 Å². The Morgan fingerprint density at radius 1 is 0.636 bits per heavy atom. The topological polar surface area (TPSA) is 156 Å². The van der Waals surface area contributed by atoms with E-state index >= 15 is 0 Å². The zero-order valence-corrected chi connectivity index (χ0v) is 25.7. The maximum absolute atomic E-state index is 12.5. The van der Waals surface area contributed by atoms with Gasteiger partial charge in [-0.25, -0.2) is 9.97 Å². The molecule has 8 bridgehead atoms. The Bertz CT molecular complexity index is 1830. The van der Waals surface area contributed by atoms with Gasteiger partial charge in [0.15, 0.2) is 0 Å². The molecule has 44 heavy (non-hydrogen) atoms. The Morgan fingerprint density at radius 3 is 1.59 bits per heavy atom. The first-order chi connectivity index (χ1) is 21.2. The highest BCUT2D eigenvalue weighted by atomic mass is 16.3. The number of aromatic amines is 2. The highest BCUT2D eigenvalue weighted by Crippen LogP contribution is 2.37. The fourth-order valence-electron chi connectivity index (χ4n) is 5.68. The molecule has 0 fully saturated rings. The molecule has 0 atom stereocenters. The lowest BCUT2D eigenvalue weighted by Gasteiger charge is -2.08. The molecule has 5 rings (SSSR count). The zero-order valence-electron chi connectivity index (χ0n) is 25.7. The van der Waals surface area contributed by atoms with E-state index in [2.05, 4.69) is 52.6 Å². The third-order valence-electron chi connectivity index (χ3n) is 8.14. The van der Waals surface area contributed by atoms with Crippen LogP contribution in [0.15, 0.2) is 36.4 Å². The molecule has 230 valence electrons. The van der Waals surface area contributed by atoms with Gasteiger partial charge in [0.2, 0.25) is 11.8 Å². The number of rotatable bonds is 10. The monoisotopic (exact) mass is 596 g/mol. The molecule has 2 aliphatic rings. The third-order valence-corrected chi connectivity index (χ3v) is 8.14. The number of aliphatic hydroxyl groups is 2. The van der Waals surface area contributed by atoms with E-state index in [9.17, 15) is 9.59 Å². The van der Waals surface area contributed by atoms with E-state index in [0.717, 1.165) is 78.3 Å². The molecule has 10 heteroatoms. The molecule has 2 aliphatic heterocycles. The molecule has 0 unspecified atom stereocenters. The first-order valence-electron chi connectivity index (χ1n) is 15.0.